The summed E-state index contributed by atoms with van der Waals surface area (Å²) in [4.78, 5) is 40.7. The topological polar surface area (TPSA) is 79.0 Å². The van der Waals surface area contributed by atoms with Crippen molar-refractivity contribution in [2.24, 2.45) is 0 Å². The van der Waals surface area contributed by atoms with E-state index in [4.69, 9.17) is 28.6 Å². The number of benzene rings is 2. The van der Waals surface area contributed by atoms with E-state index >= 15 is 0 Å². The molecule has 1 N–H and O–H groups in total. The Kier molecular flexibility index (Phi) is 7.61. The Morgan fingerprint density at radius 1 is 1.25 bits per heavy atom. The first kappa shape index (κ1) is 23.4. The van der Waals surface area contributed by atoms with Crippen LogP contribution in [-0.4, -0.2) is 47.0 Å². The van der Waals surface area contributed by atoms with E-state index in [1.807, 2.05) is 0 Å². The molecule has 166 valence electrons. The van der Waals surface area contributed by atoms with E-state index < -0.39 is 12.0 Å². The van der Waals surface area contributed by atoms with Gasteiger partial charge in [-0.2, -0.15) is 0 Å². The van der Waals surface area contributed by atoms with Crippen LogP contribution in [0.15, 0.2) is 61.2 Å². The van der Waals surface area contributed by atoms with Gasteiger partial charge in [-0.05, 0) is 61.6 Å². The summed E-state index contributed by atoms with van der Waals surface area (Å²) in [5.41, 5.74) is 1.42. The highest BCUT2D eigenvalue weighted by molar-refractivity contribution is 7.80. The van der Waals surface area contributed by atoms with Crippen LogP contribution in [0, 0.1) is 0 Å². The second-order valence-corrected chi connectivity index (χ2v) is 7.74. The molecule has 3 rings (SSSR count). The molecule has 0 saturated carbocycles. The first-order valence-corrected chi connectivity index (χ1v) is 10.7. The summed E-state index contributed by atoms with van der Waals surface area (Å²) in [6.07, 6.45) is 1.52. The highest BCUT2D eigenvalue weighted by Crippen LogP contribution is 2.29. The van der Waals surface area contributed by atoms with Crippen molar-refractivity contribution < 1.29 is 19.1 Å². The summed E-state index contributed by atoms with van der Waals surface area (Å²) in [7, 11) is 0. The fraction of sp³-hybridized carbons (Fsp3) is 0.217. The summed E-state index contributed by atoms with van der Waals surface area (Å²) < 4.78 is 4.95. The number of ether oxygens (including phenoxy) is 1. The van der Waals surface area contributed by atoms with E-state index in [-0.39, 0.29) is 30.0 Å². The number of nitrogens with one attached hydrogen (secondary N) is 1. The molecule has 1 aliphatic rings. The number of halogens is 1. The molecule has 7 nitrogen and oxygen atoms in total. The molecule has 0 unspecified atom stereocenters. The zero-order chi connectivity index (χ0) is 23.3. The predicted octanol–water partition coefficient (Wildman–Crippen LogP) is 4.03. The molecule has 2 amide bonds. The number of nitrogens with zero attached hydrogens (tertiary/aromatic N) is 2. The van der Waals surface area contributed by atoms with Crippen LogP contribution in [-0.2, 0) is 14.3 Å². The van der Waals surface area contributed by atoms with Gasteiger partial charge in [0.25, 0.3) is 5.91 Å². The van der Waals surface area contributed by atoms with Gasteiger partial charge < -0.3 is 15.0 Å². The zero-order valence-corrected chi connectivity index (χ0v) is 19.0. The smallest absolute Gasteiger partial charge is 0.338 e. The maximum atomic E-state index is 13.2. The quantitative estimate of drug-likeness (QED) is 0.355. The minimum Gasteiger partial charge on any atom is -0.462 e. The van der Waals surface area contributed by atoms with Crippen molar-refractivity contribution in [3.8, 4) is 0 Å². The maximum absolute atomic E-state index is 13.2. The molecule has 1 heterocycles. The van der Waals surface area contributed by atoms with Crippen molar-refractivity contribution in [1.82, 2.24) is 4.90 Å². The summed E-state index contributed by atoms with van der Waals surface area (Å²) in [5, 5.41) is 3.51. The monoisotopic (exact) mass is 471 g/mol. The number of amides is 2. The molecular weight excluding hydrogens is 450 g/mol. The lowest BCUT2D eigenvalue weighted by Gasteiger charge is -2.22. The molecule has 0 bridgehead atoms. The van der Waals surface area contributed by atoms with Crippen LogP contribution in [0.1, 0.15) is 23.7 Å². The van der Waals surface area contributed by atoms with Gasteiger partial charge in [0.1, 0.15) is 6.04 Å². The van der Waals surface area contributed by atoms with Crippen LogP contribution >= 0.6 is 23.8 Å². The summed E-state index contributed by atoms with van der Waals surface area (Å²) in [6.45, 7) is 6.04. The Bertz CT molecular complexity index is 1060. The Labute approximate surface area is 196 Å². The van der Waals surface area contributed by atoms with E-state index in [0.717, 1.165) is 0 Å². The van der Waals surface area contributed by atoms with Gasteiger partial charge in [-0.25, -0.2) is 4.79 Å². The van der Waals surface area contributed by atoms with Crippen molar-refractivity contribution in [2.75, 3.05) is 23.4 Å². The summed E-state index contributed by atoms with van der Waals surface area (Å²) in [6, 6.07) is 12.4. The van der Waals surface area contributed by atoms with Gasteiger partial charge >= 0.3 is 5.97 Å². The van der Waals surface area contributed by atoms with Gasteiger partial charge in [0.2, 0.25) is 5.91 Å². The van der Waals surface area contributed by atoms with E-state index in [0.29, 0.717) is 28.5 Å². The number of rotatable bonds is 8. The minimum absolute atomic E-state index is 0.108. The number of hydrogen-bond acceptors (Lipinski definition) is 5. The number of hydrogen-bond donors (Lipinski definition) is 1. The number of anilines is 2. The summed E-state index contributed by atoms with van der Waals surface area (Å²) >= 11 is 11.6. The Morgan fingerprint density at radius 2 is 1.97 bits per heavy atom. The molecule has 9 heteroatoms. The van der Waals surface area contributed by atoms with Crippen molar-refractivity contribution in [3.05, 3.63) is 71.8 Å². The molecule has 0 aromatic heterocycles. The lowest BCUT2D eigenvalue weighted by atomic mass is 10.1. The Hall–Kier alpha value is -3.23. The Morgan fingerprint density at radius 3 is 2.59 bits per heavy atom. The van der Waals surface area contributed by atoms with Crippen molar-refractivity contribution in [2.45, 2.75) is 19.4 Å². The lowest BCUT2D eigenvalue weighted by Crippen LogP contribution is -2.37. The van der Waals surface area contributed by atoms with Gasteiger partial charge in [-0.1, -0.05) is 23.7 Å². The highest BCUT2D eigenvalue weighted by Gasteiger charge is 2.43. The third-order valence-corrected chi connectivity index (χ3v) is 5.42. The second-order valence-electron chi connectivity index (χ2n) is 6.94. The maximum Gasteiger partial charge on any atom is 0.338 e. The first-order chi connectivity index (χ1) is 15.3. The molecular formula is C23H22ClN3O4S. The normalized spacial score (nSPS) is 15.6. The second kappa shape index (κ2) is 10.4. The van der Waals surface area contributed by atoms with Crippen LogP contribution in [0.25, 0.3) is 0 Å². The molecule has 0 radical (unpaired) electrons. The lowest BCUT2D eigenvalue weighted by molar-refractivity contribution is -0.124. The van der Waals surface area contributed by atoms with E-state index in [1.165, 1.54) is 4.90 Å². The highest BCUT2D eigenvalue weighted by atomic mass is 35.5. The average Bonchev–Trinajstić information content (AvgIpc) is 2.98. The fourth-order valence-corrected chi connectivity index (χ4v) is 3.91. The van der Waals surface area contributed by atoms with Crippen LogP contribution in [0.2, 0.25) is 5.02 Å². The van der Waals surface area contributed by atoms with E-state index in [1.54, 1.807) is 66.4 Å². The molecule has 2 aromatic rings. The van der Waals surface area contributed by atoms with Gasteiger partial charge in [0.15, 0.2) is 5.11 Å². The molecule has 2 aromatic carbocycles. The summed E-state index contributed by atoms with van der Waals surface area (Å²) in [5.74, 6) is -1.11. The van der Waals surface area contributed by atoms with Crippen molar-refractivity contribution in [1.29, 1.82) is 0 Å². The van der Waals surface area contributed by atoms with E-state index in [9.17, 15) is 14.4 Å². The molecule has 0 spiro atoms. The van der Waals surface area contributed by atoms with Gasteiger partial charge in [-0.15, -0.1) is 6.58 Å². The Balaban J connectivity index is 1.73. The molecule has 1 saturated heterocycles. The zero-order valence-electron chi connectivity index (χ0n) is 17.4. The van der Waals surface area contributed by atoms with Crippen LogP contribution in [0.4, 0.5) is 11.4 Å². The molecule has 1 aliphatic heterocycles. The van der Waals surface area contributed by atoms with E-state index in [2.05, 4.69) is 11.9 Å². The van der Waals surface area contributed by atoms with Crippen molar-refractivity contribution in [3.63, 3.8) is 0 Å². The standard InChI is InChI=1S/C23H22ClN3O4S/c1-3-12-26-19(21(29)27(23(26)32)18-7-5-6-16(24)13-18)14-20(28)25-17-10-8-15(9-11-17)22(30)31-4-2/h3,5-11,13,19H,1,4,12,14H2,2H3,(H,25,28)/t19-/m1/s1. The minimum atomic E-state index is -0.779. The fourth-order valence-electron chi connectivity index (χ4n) is 3.32. The van der Waals surface area contributed by atoms with Gasteiger partial charge in [0, 0.05) is 17.3 Å². The number of thiocarbonyl (C=S) groups is 1. The van der Waals surface area contributed by atoms with Crippen LogP contribution < -0.4 is 10.2 Å². The van der Waals surface area contributed by atoms with Crippen LogP contribution in [0.5, 0.6) is 0 Å². The SMILES string of the molecule is C=CCN1C(=S)N(c2cccc(Cl)c2)C(=O)[C@H]1CC(=O)Nc1ccc(C(=O)OCC)cc1. The largest absolute Gasteiger partial charge is 0.462 e. The first-order valence-electron chi connectivity index (χ1n) is 9.93. The van der Waals surface area contributed by atoms with Gasteiger partial charge in [-0.3, -0.25) is 14.5 Å². The molecule has 32 heavy (non-hydrogen) atoms. The number of carbonyl (C=O) groups excluding carboxylic acids is 3. The third-order valence-electron chi connectivity index (χ3n) is 4.77. The molecule has 0 aliphatic carbocycles. The van der Waals surface area contributed by atoms with Crippen LogP contribution in [0.3, 0.4) is 0 Å². The average molecular weight is 472 g/mol. The molecule has 1 atom stereocenters. The van der Waals surface area contributed by atoms with Gasteiger partial charge in [0.05, 0.1) is 24.3 Å². The number of esters is 1. The number of carbonyl (C=O) groups is 3. The molecule has 1 fully saturated rings. The van der Waals surface area contributed by atoms with Crippen molar-refractivity contribution >= 4 is 58.1 Å². The third kappa shape index (κ3) is 5.15. The predicted molar refractivity (Wildman–Crippen MR) is 128 cm³/mol.